The Balaban J connectivity index is 5.10. The quantitative estimate of drug-likeness (QED) is 0.0222. The lowest BCUT2D eigenvalue weighted by atomic mass is 9.99. The summed E-state index contributed by atoms with van der Waals surface area (Å²) in [5, 5.41) is 10.6. The molecule has 3 N–H and O–H groups in total. The lowest BCUT2D eigenvalue weighted by Gasteiger charge is -2.21. The van der Waals surface area contributed by atoms with Crippen LogP contribution >= 0.6 is 15.6 Å². The molecule has 0 aromatic rings. The van der Waals surface area contributed by atoms with Gasteiger partial charge in [0, 0.05) is 25.7 Å². The molecule has 0 bridgehead atoms. The van der Waals surface area contributed by atoms with Gasteiger partial charge in [0.15, 0.2) is 12.2 Å². The van der Waals surface area contributed by atoms with Crippen molar-refractivity contribution in [1.82, 2.24) is 0 Å². The SMILES string of the molecule is CCCCCCCCCCCCCCCCCCCCCCCC(=O)OC[C@H](COP(=O)(O)OC[C@@H](O)COP(=O)(O)OC[C@@H](COC(=O)CCCCCCC)OC(=O)CCCCCCCCCCCCC(C)C)OC(=O)CCCCCCCCCCCCCCCCCCCCC(C)CC. The molecule has 0 aromatic carbocycles. The van der Waals surface area contributed by atoms with Gasteiger partial charge in [-0.05, 0) is 37.5 Å². The zero-order valence-corrected chi connectivity index (χ0v) is 68.0. The van der Waals surface area contributed by atoms with Crippen LogP contribution in [0.2, 0.25) is 0 Å². The van der Waals surface area contributed by atoms with Gasteiger partial charge in [-0.1, -0.05) is 382 Å². The number of ether oxygens (including phenoxy) is 4. The van der Waals surface area contributed by atoms with Gasteiger partial charge in [0.2, 0.25) is 0 Å². The predicted molar refractivity (Wildman–Crippen MR) is 414 cm³/mol. The number of phosphoric ester groups is 2. The summed E-state index contributed by atoms with van der Waals surface area (Å²) in [5.74, 6) is -0.498. The molecule has 0 aromatic heterocycles. The second-order valence-electron chi connectivity index (χ2n) is 30.2. The second-order valence-corrected chi connectivity index (χ2v) is 33.1. The fourth-order valence-corrected chi connectivity index (χ4v) is 14.3. The van der Waals surface area contributed by atoms with Gasteiger partial charge in [-0.3, -0.25) is 37.3 Å². The zero-order valence-electron chi connectivity index (χ0n) is 66.2. The average Bonchev–Trinajstić information content (AvgIpc) is 0.990. The summed E-state index contributed by atoms with van der Waals surface area (Å²) in [7, 11) is -9.91. The first-order valence-corrected chi connectivity index (χ1v) is 45.5. The first-order chi connectivity index (χ1) is 48.9. The summed E-state index contributed by atoms with van der Waals surface area (Å²) in [6, 6.07) is 0. The van der Waals surface area contributed by atoms with Gasteiger partial charge in [0.05, 0.1) is 26.4 Å². The number of esters is 4. The molecule has 600 valence electrons. The third-order valence-corrected chi connectivity index (χ3v) is 21.5. The minimum absolute atomic E-state index is 0.105. The van der Waals surface area contributed by atoms with Crippen LogP contribution < -0.4 is 0 Å². The summed E-state index contributed by atoms with van der Waals surface area (Å²) in [5.41, 5.74) is 0. The lowest BCUT2D eigenvalue weighted by Crippen LogP contribution is -2.30. The Morgan fingerprint density at radius 3 is 0.752 bits per heavy atom. The van der Waals surface area contributed by atoms with Crippen molar-refractivity contribution in [2.24, 2.45) is 11.8 Å². The summed E-state index contributed by atoms with van der Waals surface area (Å²) in [4.78, 5) is 72.7. The molecule has 0 heterocycles. The van der Waals surface area contributed by atoms with Crippen LogP contribution in [0.4, 0.5) is 0 Å². The van der Waals surface area contributed by atoms with E-state index in [2.05, 4.69) is 41.5 Å². The fraction of sp³-hybridized carbons (Fsp3) is 0.951. The van der Waals surface area contributed by atoms with Gasteiger partial charge in [-0.25, -0.2) is 9.13 Å². The average molecular weight is 1480 g/mol. The third kappa shape index (κ3) is 74.7. The molecule has 0 saturated carbocycles. The number of aliphatic hydroxyl groups is 1. The standard InChI is InChI=1S/C82H160O17P2/c1-7-10-12-14-15-16-17-18-19-20-21-22-23-27-30-33-36-42-47-53-59-65-80(85)93-71-78(99-82(87)66-60-54-48-43-37-34-31-28-25-24-26-29-32-35-41-46-52-57-63-75(6)9-3)73-97-101(90,91)95-69-76(83)68-94-100(88,89)96-72-77(70-92-79(84)64-58-50-13-11-8-2)98-81(86)67-61-55-49-44-39-38-40-45-51-56-62-74(4)5/h74-78,83H,7-73H2,1-6H3,(H,88,89)(H,90,91)/t75?,76-,77+,78+/m0/s1. The molecule has 3 unspecified atom stereocenters. The van der Waals surface area contributed by atoms with Crippen molar-refractivity contribution in [2.75, 3.05) is 39.6 Å². The van der Waals surface area contributed by atoms with Crippen molar-refractivity contribution >= 4 is 39.5 Å². The largest absolute Gasteiger partial charge is 0.472 e. The van der Waals surface area contributed by atoms with E-state index in [0.29, 0.717) is 25.7 Å². The van der Waals surface area contributed by atoms with Gasteiger partial charge >= 0.3 is 39.5 Å². The Morgan fingerprint density at radius 1 is 0.287 bits per heavy atom. The summed E-state index contributed by atoms with van der Waals surface area (Å²) in [6.07, 6.45) is 64.5. The number of phosphoric acid groups is 2. The molecule has 0 aliphatic rings. The van der Waals surface area contributed by atoms with E-state index in [1.807, 2.05) is 0 Å². The number of hydrogen-bond donors (Lipinski definition) is 3. The van der Waals surface area contributed by atoms with E-state index in [0.717, 1.165) is 108 Å². The Labute approximate surface area is 619 Å². The number of aliphatic hydroxyl groups excluding tert-OH is 1. The molecule has 0 aliphatic carbocycles. The van der Waals surface area contributed by atoms with Crippen molar-refractivity contribution in [3.05, 3.63) is 0 Å². The van der Waals surface area contributed by atoms with Crippen LogP contribution in [-0.2, 0) is 65.4 Å². The normalized spacial score (nSPS) is 14.2. The topological polar surface area (TPSA) is 237 Å². The van der Waals surface area contributed by atoms with Crippen molar-refractivity contribution in [3.63, 3.8) is 0 Å². The third-order valence-electron chi connectivity index (χ3n) is 19.6. The van der Waals surface area contributed by atoms with E-state index in [9.17, 15) is 43.2 Å². The molecule has 0 amide bonds. The first-order valence-electron chi connectivity index (χ1n) is 42.5. The van der Waals surface area contributed by atoms with Gasteiger partial charge in [0.1, 0.15) is 19.3 Å². The minimum atomic E-state index is -4.96. The molecule has 0 rings (SSSR count). The molecule has 0 fully saturated rings. The molecular formula is C82H160O17P2. The number of hydrogen-bond acceptors (Lipinski definition) is 15. The Kier molecular flexibility index (Phi) is 72.2. The maximum absolute atomic E-state index is 13.1. The van der Waals surface area contributed by atoms with Crippen LogP contribution in [0, 0.1) is 11.8 Å². The van der Waals surface area contributed by atoms with E-state index in [-0.39, 0.29) is 25.7 Å². The summed E-state index contributed by atoms with van der Waals surface area (Å²) >= 11 is 0. The highest BCUT2D eigenvalue weighted by Gasteiger charge is 2.30. The highest BCUT2D eigenvalue weighted by molar-refractivity contribution is 7.47. The number of unbranched alkanes of at least 4 members (excludes halogenated alkanes) is 50. The van der Waals surface area contributed by atoms with Gasteiger partial charge < -0.3 is 33.8 Å². The Bertz CT molecular complexity index is 1940. The van der Waals surface area contributed by atoms with Crippen LogP contribution in [0.25, 0.3) is 0 Å². The number of carbonyl (C=O) groups excluding carboxylic acids is 4. The maximum Gasteiger partial charge on any atom is 0.472 e. The highest BCUT2D eigenvalue weighted by atomic mass is 31.2. The van der Waals surface area contributed by atoms with E-state index >= 15 is 0 Å². The number of rotatable bonds is 81. The first kappa shape index (κ1) is 99.1. The molecule has 6 atom stereocenters. The van der Waals surface area contributed by atoms with Crippen LogP contribution in [0.1, 0.15) is 433 Å². The summed E-state index contributed by atoms with van der Waals surface area (Å²) in [6.45, 7) is 9.59. The van der Waals surface area contributed by atoms with Gasteiger partial charge in [0.25, 0.3) is 0 Å². The Morgan fingerprint density at radius 2 is 0.505 bits per heavy atom. The van der Waals surface area contributed by atoms with Gasteiger partial charge in [-0.2, -0.15) is 0 Å². The lowest BCUT2D eigenvalue weighted by molar-refractivity contribution is -0.161. The van der Waals surface area contributed by atoms with E-state index < -0.39 is 97.5 Å². The van der Waals surface area contributed by atoms with Crippen molar-refractivity contribution in [1.29, 1.82) is 0 Å². The van der Waals surface area contributed by atoms with Crippen molar-refractivity contribution in [2.45, 2.75) is 452 Å². The van der Waals surface area contributed by atoms with Gasteiger partial charge in [-0.15, -0.1) is 0 Å². The van der Waals surface area contributed by atoms with Crippen LogP contribution in [-0.4, -0.2) is 96.7 Å². The highest BCUT2D eigenvalue weighted by Crippen LogP contribution is 2.45. The van der Waals surface area contributed by atoms with Crippen LogP contribution in [0.5, 0.6) is 0 Å². The monoisotopic (exact) mass is 1480 g/mol. The molecule has 0 aliphatic heterocycles. The Hall–Kier alpha value is -1.94. The van der Waals surface area contributed by atoms with E-state index in [4.69, 9.17) is 37.0 Å². The smallest absolute Gasteiger partial charge is 0.462 e. The molecule has 17 nitrogen and oxygen atoms in total. The van der Waals surface area contributed by atoms with Crippen LogP contribution in [0.3, 0.4) is 0 Å². The predicted octanol–water partition coefficient (Wildman–Crippen LogP) is 24.7. The molecule has 101 heavy (non-hydrogen) atoms. The molecule has 0 radical (unpaired) electrons. The van der Waals surface area contributed by atoms with Crippen molar-refractivity contribution in [3.8, 4) is 0 Å². The van der Waals surface area contributed by atoms with Crippen molar-refractivity contribution < 1.29 is 80.2 Å². The van der Waals surface area contributed by atoms with E-state index in [1.54, 1.807) is 0 Å². The van der Waals surface area contributed by atoms with E-state index in [1.165, 1.54) is 244 Å². The molecular weight excluding hydrogens is 1320 g/mol. The minimum Gasteiger partial charge on any atom is -0.462 e. The van der Waals surface area contributed by atoms with Crippen LogP contribution in [0.15, 0.2) is 0 Å². The number of carbonyl (C=O) groups is 4. The molecule has 0 spiro atoms. The fourth-order valence-electron chi connectivity index (χ4n) is 12.7. The molecule has 0 saturated heterocycles. The molecule has 19 heteroatoms. The summed E-state index contributed by atoms with van der Waals surface area (Å²) < 4.78 is 68.5. The maximum atomic E-state index is 13.1. The second kappa shape index (κ2) is 73.6. The zero-order chi connectivity index (χ0) is 74.2.